The van der Waals surface area contributed by atoms with E-state index >= 15 is 0 Å². The topological polar surface area (TPSA) is 66.2 Å². The average Bonchev–Trinajstić information content (AvgIpc) is 3.32. The van der Waals surface area contributed by atoms with Crippen LogP contribution < -0.4 is 4.74 Å². The smallest absolute Gasteiger partial charge is 0.272 e. The van der Waals surface area contributed by atoms with E-state index in [1.54, 1.807) is 13.2 Å². The van der Waals surface area contributed by atoms with Gasteiger partial charge < -0.3 is 9.47 Å². The average molecular weight is 456 g/mol. The Morgan fingerprint density at radius 1 is 0.853 bits per heavy atom. The molecule has 0 radical (unpaired) electrons. The summed E-state index contributed by atoms with van der Waals surface area (Å²) in [5.41, 5.74) is 4.56. The lowest BCUT2D eigenvalue weighted by atomic mass is 10.0. The Morgan fingerprint density at radius 3 is 2.26 bits per heavy atom. The number of para-hydroxylation sites is 1. The minimum atomic E-state index is -0.233. The first-order chi connectivity index (χ1) is 16.7. The summed E-state index contributed by atoms with van der Waals surface area (Å²) in [6.07, 6.45) is 7.79. The van der Waals surface area contributed by atoms with Crippen LogP contribution in [0.2, 0.25) is 0 Å². The fraction of sp³-hybridized carbons (Fsp3) is 0.250. The van der Waals surface area contributed by atoms with Gasteiger partial charge in [-0.15, -0.1) is 5.10 Å². The summed E-state index contributed by atoms with van der Waals surface area (Å²) in [7, 11) is 1.74. The molecule has 0 N–H and O–H groups in total. The summed E-state index contributed by atoms with van der Waals surface area (Å²) < 4.78 is 12.2. The van der Waals surface area contributed by atoms with E-state index in [9.17, 15) is 4.79 Å². The molecule has 0 saturated carbocycles. The number of carbonyl (C=O) groups is 1. The largest absolute Gasteiger partial charge is 0.494 e. The van der Waals surface area contributed by atoms with E-state index < -0.39 is 0 Å². The van der Waals surface area contributed by atoms with E-state index in [2.05, 4.69) is 22.4 Å². The van der Waals surface area contributed by atoms with E-state index in [1.807, 2.05) is 60.7 Å². The number of unbranched alkanes of at least 4 members (excludes halogenated alkanes) is 3. The molecule has 174 valence electrons. The number of carbonyl (C=O) groups excluding carboxylic acids is 1. The number of hydrogen-bond donors (Lipinski definition) is 0. The molecule has 6 nitrogen and oxygen atoms in total. The Hall–Kier alpha value is -3.77. The van der Waals surface area contributed by atoms with Gasteiger partial charge in [0.05, 0.1) is 12.1 Å². The fourth-order valence-corrected chi connectivity index (χ4v) is 3.69. The summed E-state index contributed by atoms with van der Waals surface area (Å²) in [5, 5.41) is 7.98. The van der Waals surface area contributed by atoms with E-state index in [0.29, 0.717) is 11.0 Å². The van der Waals surface area contributed by atoms with Crippen molar-refractivity contribution in [2.75, 3.05) is 20.3 Å². The van der Waals surface area contributed by atoms with Crippen molar-refractivity contribution in [1.29, 1.82) is 0 Å². The van der Waals surface area contributed by atoms with Gasteiger partial charge >= 0.3 is 0 Å². The summed E-state index contributed by atoms with van der Waals surface area (Å²) in [6, 6.07) is 23.6. The SMILES string of the molecule is COCCCCCCOc1ccc(-c2ccc(/C=C/C(=O)n3nnc4ccccc43)cc2)cc1. The maximum absolute atomic E-state index is 12.5. The van der Waals surface area contributed by atoms with Crippen molar-refractivity contribution in [3.63, 3.8) is 0 Å². The van der Waals surface area contributed by atoms with Gasteiger partial charge in [0.1, 0.15) is 11.3 Å². The quantitative estimate of drug-likeness (QED) is 0.204. The van der Waals surface area contributed by atoms with E-state index in [-0.39, 0.29) is 5.91 Å². The number of methoxy groups -OCH3 is 1. The van der Waals surface area contributed by atoms with Gasteiger partial charge in [-0.2, -0.15) is 4.68 Å². The van der Waals surface area contributed by atoms with Crippen molar-refractivity contribution in [2.45, 2.75) is 25.7 Å². The van der Waals surface area contributed by atoms with Crippen molar-refractivity contribution in [3.8, 4) is 16.9 Å². The van der Waals surface area contributed by atoms with Crippen LogP contribution >= 0.6 is 0 Å². The highest BCUT2D eigenvalue weighted by Crippen LogP contribution is 2.23. The molecule has 0 amide bonds. The van der Waals surface area contributed by atoms with Gasteiger partial charge in [0, 0.05) is 19.8 Å². The van der Waals surface area contributed by atoms with Crippen LogP contribution in [0.1, 0.15) is 36.0 Å². The number of hydrogen-bond acceptors (Lipinski definition) is 5. The molecule has 3 aromatic carbocycles. The van der Waals surface area contributed by atoms with Crippen LogP contribution in [-0.2, 0) is 4.74 Å². The van der Waals surface area contributed by atoms with Gasteiger partial charge in [0.25, 0.3) is 5.91 Å². The summed E-state index contributed by atoms with van der Waals surface area (Å²) in [4.78, 5) is 12.5. The summed E-state index contributed by atoms with van der Waals surface area (Å²) >= 11 is 0. The van der Waals surface area contributed by atoms with E-state index in [4.69, 9.17) is 9.47 Å². The van der Waals surface area contributed by atoms with Crippen LogP contribution in [0.3, 0.4) is 0 Å². The van der Waals surface area contributed by atoms with Gasteiger partial charge in [-0.05, 0) is 66.3 Å². The lowest BCUT2D eigenvalue weighted by Crippen LogP contribution is -2.08. The predicted molar refractivity (Wildman–Crippen MR) is 135 cm³/mol. The number of ether oxygens (including phenoxy) is 2. The van der Waals surface area contributed by atoms with Crippen LogP contribution in [0.5, 0.6) is 5.75 Å². The molecule has 0 saturated heterocycles. The molecule has 4 rings (SSSR count). The van der Waals surface area contributed by atoms with Gasteiger partial charge in [-0.3, -0.25) is 4.79 Å². The number of benzene rings is 3. The molecule has 6 heteroatoms. The lowest BCUT2D eigenvalue weighted by molar-refractivity contribution is 0.0958. The van der Waals surface area contributed by atoms with Crippen LogP contribution in [0, 0.1) is 0 Å². The molecule has 1 aromatic heterocycles. The molecular formula is C28H29N3O3. The molecule has 1 heterocycles. The second-order valence-corrected chi connectivity index (χ2v) is 8.06. The van der Waals surface area contributed by atoms with Crippen LogP contribution in [0.4, 0.5) is 0 Å². The van der Waals surface area contributed by atoms with Crippen molar-refractivity contribution < 1.29 is 14.3 Å². The molecule has 0 unspecified atom stereocenters. The monoisotopic (exact) mass is 455 g/mol. The Morgan fingerprint density at radius 2 is 1.53 bits per heavy atom. The number of aromatic nitrogens is 3. The van der Waals surface area contributed by atoms with Crippen molar-refractivity contribution >= 4 is 23.0 Å². The summed E-state index contributed by atoms with van der Waals surface area (Å²) in [5.74, 6) is 0.655. The third-order valence-corrected chi connectivity index (χ3v) is 5.59. The molecule has 0 spiro atoms. The number of allylic oxidation sites excluding steroid dienone is 1. The van der Waals surface area contributed by atoms with Gasteiger partial charge in [0.2, 0.25) is 0 Å². The summed E-state index contributed by atoms with van der Waals surface area (Å²) in [6.45, 7) is 1.56. The fourth-order valence-electron chi connectivity index (χ4n) is 3.69. The van der Waals surface area contributed by atoms with Crippen molar-refractivity contribution in [1.82, 2.24) is 15.0 Å². The molecule has 4 aromatic rings. The van der Waals surface area contributed by atoms with E-state index in [1.165, 1.54) is 17.2 Å². The highest BCUT2D eigenvalue weighted by molar-refractivity contribution is 5.98. The molecule has 0 aliphatic rings. The molecule has 0 aliphatic heterocycles. The second kappa shape index (κ2) is 11.9. The van der Waals surface area contributed by atoms with Crippen LogP contribution in [0.25, 0.3) is 28.2 Å². The third kappa shape index (κ3) is 6.17. The zero-order valence-electron chi connectivity index (χ0n) is 19.4. The van der Waals surface area contributed by atoms with Gasteiger partial charge in [0.15, 0.2) is 0 Å². The molecule has 0 atom stereocenters. The third-order valence-electron chi connectivity index (χ3n) is 5.59. The van der Waals surface area contributed by atoms with Gasteiger partial charge in [-0.1, -0.05) is 60.2 Å². The lowest BCUT2D eigenvalue weighted by Gasteiger charge is -2.08. The normalized spacial score (nSPS) is 11.3. The first kappa shape index (κ1) is 23.4. The number of fused-ring (bicyclic) bond motifs is 1. The standard InChI is InChI=1S/C28H29N3O3/c1-33-20-6-2-3-7-21-34-25-17-15-24(16-18-25)23-13-10-22(11-14-23)12-19-28(32)31-27-9-5-4-8-26(27)29-30-31/h4-5,8-19H,2-3,6-7,20-21H2,1H3/b19-12+. The molecule has 0 fully saturated rings. The Bertz CT molecular complexity index is 1230. The highest BCUT2D eigenvalue weighted by atomic mass is 16.5. The minimum Gasteiger partial charge on any atom is -0.494 e. The van der Waals surface area contributed by atoms with Gasteiger partial charge in [-0.25, -0.2) is 0 Å². The first-order valence-electron chi connectivity index (χ1n) is 11.6. The van der Waals surface area contributed by atoms with Crippen LogP contribution in [-0.4, -0.2) is 41.2 Å². The van der Waals surface area contributed by atoms with E-state index in [0.717, 1.165) is 54.9 Å². The maximum atomic E-state index is 12.5. The van der Waals surface area contributed by atoms with Crippen LogP contribution in [0.15, 0.2) is 78.9 Å². The zero-order chi connectivity index (χ0) is 23.6. The number of nitrogens with zero attached hydrogens (tertiary/aromatic N) is 3. The molecular weight excluding hydrogens is 426 g/mol. The Balaban J connectivity index is 1.29. The number of rotatable bonds is 11. The minimum absolute atomic E-state index is 0.233. The first-order valence-corrected chi connectivity index (χ1v) is 11.6. The second-order valence-electron chi connectivity index (χ2n) is 8.06. The van der Waals surface area contributed by atoms with Crippen molar-refractivity contribution in [2.24, 2.45) is 0 Å². The Kier molecular flexibility index (Phi) is 8.19. The Labute approximate surface area is 199 Å². The van der Waals surface area contributed by atoms with Crippen molar-refractivity contribution in [3.05, 3.63) is 84.4 Å². The zero-order valence-corrected chi connectivity index (χ0v) is 19.4. The molecule has 34 heavy (non-hydrogen) atoms. The molecule has 0 aliphatic carbocycles. The highest BCUT2D eigenvalue weighted by Gasteiger charge is 2.08. The predicted octanol–water partition coefficient (Wildman–Crippen LogP) is 6.04. The molecule has 0 bridgehead atoms. The maximum Gasteiger partial charge on any atom is 0.272 e.